The van der Waals surface area contributed by atoms with E-state index in [1.54, 1.807) is 6.07 Å². The molecule has 1 amide bonds. The summed E-state index contributed by atoms with van der Waals surface area (Å²) in [6.45, 7) is 1.93. The maximum atomic E-state index is 12.3. The third-order valence-electron chi connectivity index (χ3n) is 3.52. The molecule has 23 heavy (non-hydrogen) atoms. The average Bonchev–Trinajstić information content (AvgIpc) is 3.06. The van der Waals surface area contributed by atoms with Crippen molar-refractivity contribution in [2.24, 2.45) is 0 Å². The first-order valence-electron chi connectivity index (χ1n) is 7.22. The zero-order valence-electron chi connectivity index (χ0n) is 12.5. The molecule has 0 aliphatic carbocycles. The zero-order chi connectivity index (χ0) is 16.2. The summed E-state index contributed by atoms with van der Waals surface area (Å²) in [6.07, 6.45) is 0. The van der Waals surface area contributed by atoms with E-state index in [1.165, 1.54) is 0 Å². The van der Waals surface area contributed by atoms with Gasteiger partial charge in [0.15, 0.2) is 11.5 Å². The number of aromatic nitrogens is 1. The molecule has 3 rings (SSSR count). The maximum Gasteiger partial charge on any atom is 0.273 e. The highest BCUT2D eigenvalue weighted by Crippen LogP contribution is 2.22. The second-order valence-corrected chi connectivity index (χ2v) is 6.10. The Balaban J connectivity index is 1.72. The summed E-state index contributed by atoms with van der Waals surface area (Å²) < 4.78 is 6.25. The van der Waals surface area contributed by atoms with E-state index in [0.717, 1.165) is 15.6 Å². The van der Waals surface area contributed by atoms with Crippen molar-refractivity contribution in [2.75, 3.05) is 0 Å². The molecule has 1 atom stereocenters. The SMILES string of the molecule is C[C@@H](NC(=O)c1cc(-c2ccc(Br)cc2)on1)c1ccccc1. The Morgan fingerprint density at radius 1 is 1.13 bits per heavy atom. The van der Waals surface area contributed by atoms with Gasteiger partial charge in [-0.3, -0.25) is 4.79 Å². The van der Waals surface area contributed by atoms with Gasteiger partial charge in [-0.1, -0.05) is 63.6 Å². The minimum Gasteiger partial charge on any atom is -0.355 e. The highest BCUT2D eigenvalue weighted by molar-refractivity contribution is 9.10. The molecule has 2 aromatic carbocycles. The van der Waals surface area contributed by atoms with Gasteiger partial charge in [0.1, 0.15) is 0 Å². The average molecular weight is 371 g/mol. The molecule has 1 N–H and O–H groups in total. The molecule has 5 heteroatoms. The van der Waals surface area contributed by atoms with Crippen LogP contribution in [-0.4, -0.2) is 11.1 Å². The van der Waals surface area contributed by atoms with Gasteiger partial charge in [-0.05, 0) is 24.6 Å². The number of carbonyl (C=O) groups is 1. The van der Waals surface area contributed by atoms with Gasteiger partial charge >= 0.3 is 0 Å². The van der Waals surface area contributed by atoms with Crippen LogP contribution in [-0.2, 0) is 0 Å². The van der Waals surface area contributed by atoms with Crippen molar-refractivity contribution < 1.29 is 9.32 Å². The van der Waals surface area contributed by atoms with E-state index in [4.69, 9.17) is 4.52 Å². The fourth-order valence-corrected chi connectivity index (χ4v) is 2.49. The standard InChI is InChI=1S/C18H15BrN2O2/c1-12(13-5-3-2-4-6-13)20-18(22)16-11-17(23-21-16)14-7-9-15(19)10-8-14/h2-12H,1H3,(H,20,22)/t12-/m1/s1. The van der Waals surface area contributed by atoms with Crippen LogP contribution in [0.15, 0.2) is 69.7 Å². The molecule has 0 spiro atoms. The molecular formula is C18H15BrN2O2. The van der Waals surface area contributed by atoms with Crippen LogP contribution in [0.5, 0.6) is 0 Å². The molecule has 1 heterocycles. The predicted octanol–water partition coefficient (Wildman–Crippen LogP) is 4.60. The lowest BCUT2D eigenvalue weighted by atomic mass is 10.1. The molecule has 0 saturated carbocycles. The second kappa shape index (κ2) is 6.79. The first-order valence-corrected chi connectivity index (χ1v) is 8.01. The number of nitrogens with zero attached hydrogens (tertiary/aromatic N) is 1. The molecule has 0 bridgehead atoms. The van der Waals surface area contributed by atoms with Crippen molar-refractivity contribution in [1.82, 2.24) is 10.5 Å². The van der Waals surface area contributed by atoms with Crippen LogP contribution in [0.1, 0.15) is 29.0 Å². The van der Waals surface area contributed by atoms with Gasteiger partial charge in [0.2, 0.25) is 0 Å². The van der Waals surface area contributed by atoms with Crippen LogP contribution in [0.4, 0.5) is 0 Å². The summed E-state index contributed by atoms with van der Waals surface area (Å²) in [7, 11) is 0. The van der Waals surface area contributed by atoms with Crippen molar-refractivity contribution >= 4 is 21.8 Å². The monoisotopic (exact) mass is 370 g/mol. The topological polar surface area (TPSA) is 55.1 Å². The van der Waals surface area contributed by atoms with E-state index in [9.17, 15) is 4.79 Å². The molecular weight excluding hydrogens is 356 g/mol. The number of benzene rings is 2. The van der Waals surface area contributed by atoms with Crippen molar-refractivity contribution in [3.8, 4) is 11.3 Å². The fourth-order valence-electron chi connectivity index (χ4n) is 2.23. The van der Waals surface area contributed by atoms with Crippen molar-refractivity contribution in [3.63, 3.8) is 0 Å². The Kier molecular flexibility index (Phi) is 4.57. The first kappa shape index (κ1) is 15.5. The van der Waals surface area contributed by atoms with Gasteiger partial charge in [0, 0.05) is 16.1 Å². The molecule has 0 fully saturated rings. The molecule has 0 radical (unpaired) electrons. The van der Waals surface area contributed by atoms with Crippen LogP contribution in [0.3, 0.4) is 0 Å². The Morgan fingerprint density at radius 2 is 1.83 bits per heavy atom. The quantitative estimate of drug-likeness (QED) is 0.730. The fraction of sp³-hybridized carbons (Fsp3) is 0.111. The number of nitrogens with one attached hydrogen (secondary N) is 1. The minimum absolute atomic E-state index is 0.100. The lowest BCUT2D eigenvalue weighted by Crippen LogP contribution is -2.26. The third-order valence-corrected chi connectivity index (χ3v) is 4.05. The van der Waals surface area contributed by atoms with Crippen LogP contribution >= 0.6 is 15.9 Å². The molecule has 3 aromatic rings. The highest BCUT2D eigenvalue weighted by Gasteiger charge is 2.16. The van der Waals surface area contributed by atoms with Crippen LogP contribution < -0.4 is 5.32 Å². The Morgan fingerprint density at radius 3 is 2.52 bits per heavy atom. The third kappa shape index (κ3) is 3.68. The highest BCUT2D eigenvalue weighted by atomic mass is 79.9. The zero-order valence-corrected chi connectivity index (χ0v) is 14.1. The summed E-state index contributed by atoms with van der Waals surface area (Å²) in [6, 6.07) is 19.0. The molecule has 0 saturated heterocycles. The van der Waals surface area contributed by atoms with Gasteiger partial charge in [-0.15, -0.1) is 0 Å². The van der Waals surface area contributed by atoms with Gasteiger partial charge < -0.3 is 9.84 Å². The minimum atomic E-state index is -0.256. The van der Waals surface area contributed by atoms with Crippen molar-refractivity contribution in [1.29, 1.82) is 0 Å². The van der Waals surface area contributed by atoms with Crippen molar-refractivity contribution in [2.45, 2.75) is 13.0 Å². The van der Waals surface area contributed by atoms with E-state index in [0.29, 0.717) is 5.76 Å². The van der Waals surface area contributed by atoms with E-state index in [1.807, 2.05) is 61.5 Å². The predicted molar refractivity (Wildman–Crippen MR) is 92.0 cm³/mol. The number of hydrogen-bond acceptors (Lipinski definition) is 3. The molecule has 0 aliphatic heterocycles. The van der Waals surface area contributed by atoms with E-state index in [2.05, 4.69) is 26.4 Å². The molecule has 1 aromatic heterocycles. The molecule has 116 valence electrons. The first-order chi connectivity index (χ1) is 11.1. The summed E-state index contributed by atoms with van der Waals surface area (Å²) in [4.78, 5) is 12.3. The van der Waals surface area contributed by atoms with Gasteiger partial charge in [0.25, 0.3) is 5.91 Å². The lowest BCUT2D eigenvalue weighted by Gasteiger charge is -2.12. The van der Waals surface area contributed by atoms with Gasteiger partial charge in [-0.2, -0.15) is 0 Å². The number of halogens is 1. The van der Waals surface area contributed by atoms with Crippen LogP contribution in [0, 0.1) is 0 Å². The molecule has 0 aliphatic rings. The largest absolute Gasteiger partial charge is 0.355 e. The van der Waals surface area contributed by atoms with Gasteiger partial charge in [0.05, 0.1) is 6.04 Å². The summed E-state index contributed by atoms with van der Waals surface area (Å²) in [5.41, 5.74) is 2.18. The Labute approximate surface area is 142 Å². The number of amides is 1. The smallest absolute Gasteiger partial charge is 0.273 e. The van der Waals surface area contributed by atoms with Gasteiger partial charge in [-0.25, -0.2) is 0 Å². The van der Waals surface area contributed by atoms with Crippen LogP contribution in [0.2, 0.25) is 0 Å². The van der Waals surface area contributed by atoms with E-state index in [-0.39, 0.29) is 17.6 Å². The number of hydrogen-bond donors (Lipinski definition) is 1. The summed E-state index contributed by atoms with van der Waals surface area (Å²) >= 11 is 3.39. The maximum absolute atomic E-state index is 12.3. The molecule has 4 nitrogen and oxygen atoms in total. The van der Waals surface area contributed by atoms with Crippen LogP contribution in [0.25, 0.3) is 11.3 Å². The summed E-state index contributed by atoms with van der Waals surface area (Å²) in [5.74, 6) is 0.309. The number of carbonyl (C=O) groups excluding carboxylic acids is 1. The normalized spacial score (nSPS) is 11.9. The number of rotatable bonds is 4. The molecule has 0 unspecified atom stereocenters. The van der Waals surface area contributed by atoms with E-state index < -0.39 is 0 Å². The second-order valence-electron chi connectivity index (χ2n) is 5.19. The Bertz CT molecular complexity index is 797. The lowest BCUT2D eigenvalue weighted by molar-refractivity contribution is 0.0931. The van der Waals surface area contributed by atoms with Crippen molar-refractivity contribution in [3.05, 3.63) is 76.4 Å². The Hall–Kier alpha value is -2.40. The summed E-state index contributed by atoms with van der Waals surface area (Å²) in [5, 5.41) is 6.78. The van der Waals surface area contributed by atoms with E-state index >= 15 is 0 Å².